The lowest BCUT2D eigenvalue weighted by atomic mass is 10.1. The third kappa shape index (κ3) is 3.57. The molecule has 0 aliphatic carbocycles. The molecule has 0 bridgehead atoms. The minimum absolute atomic E-state index is 0.600. The largest absolute Gasteiger partial charge is 0.497 e. The van der Waals surface area contributed by atoms with Crippen LogP contribution in [0.1, 0.15) is 22.1 Å². The molecule has 0 unspecified atom stereocenters. The zero-order valence-electron chi connectivity index (χ0n) is 13.2. The minimum atomic E-state index is 0.600. The molecule has 0 aliphatic heterocycles. The summed E-state index contributed by atoms with van der Waals surface area (Å²) in [4.78, 5) is 10.1. The molecule has 0 aliphatic rings. The molecule has 2 heterocycles. The molecule has 0 spiro atoms. The maximum absolute atomic E-state index is 5.59. The molecule has 7 heteroatoms. The van der Waals surface area contributed by atoms with E-state index in [-0.39, 0.29) is 0 Å². The van der Waals surface area contributed by atoms with Gasteiger partial charge < -0.3 is 10.5 Å². The SMILES string of the molecule is COc1ccc(Cc2nc(-c3sc(CCN)nc3C)n[nH]2)cc1. The summed E-state index contributed by atoms with van der Waals surface area (Å²) in [5.41, 5.74) is 7.69. The Hall–Kier alpha value is -2.25. The van der Waals surface area contributed by atoms with Gasteiger partial charge in [0.2, 0.25) is 0 Å². The van der Waals surface area contributed by atoms with E-state index < -0.39 is 0 Å². The van der Waals surface area contributed by atoms with Gasteiger partial charge in [0.05, 0.1) is 22.7 Å². The van der Waals surface area contributed by atoms with Gasteiger partial charge in [-0.05, 0) is 31.2 Å². The maximum Gasteiger partial charge on any atom is 0.193 e. The lowest BCUT2D eigenvalue weighted by molar-refractivity contribution is 0.414. The van der Waals surface area contributed by atoms with Gasteiger partial charge in [0.25, 0.3) is 0 Å². The highest BCUT2D eigenvalue weighted by Crippen LogP contribution is 2.27. The van der Waals surface area contributed by atoms with E-state index in [1.807, 2.05) is 31.2 Å². The number of methoxy groups -OCH3 is 1. The first-order chi connectivity index (χ1) is 11.2. The van der Waals surface area contributed by atoms with Gasteiger partial charge in [0.15, 0.2) is 5.82 Å². The number of nitrogens with two attached hydrogens (primary N) is 1. The second-order valence-electron chi connectivity index (χ2n) is 5.19. The van der Waals surface area contributed by atoms with Crippen LogP contribution in [0.25, 0.3) is 10.7 Å². The van der Waals surface area contributed by atoms with Crippen molar-refractivity contribution in [3.8, 4) is 16.5 Å². The van der Waals surface area contributed by atoms with Crippen LogP contribution in [0.15, 0.2) is 24.3 Å². The normalized spacial score (nSPS) is 10.9. The number of benzene rings is 1. The smallest absolute Gasteiger partial charge is 0.193 e. The van der Waals surface area contributed by atoms with Gasteiger partial charge in [0, 0.05) is 12.8 Å². The Morgan fingerprint density at radius 3 is 2.70 bits per heavy atom. The van der Waals surface area contributed by atoms with Crippen molar-refractivity contribution in [2.45, 2.75) is 19.8 Å². The third-order valence-corrected chi connectivity index (χ3v) is 4.68. The van der Waals surface area contributed by atoms with Gasteiger partial charge in [-0.2, -0.15) is 5.10 Å². The number of nitrogens with one attached hydrogen (secondary N) is 1. The molecule has 1 aromatic carbocycles. The molecule has 3 rings (SSSR count). The van der Waals surface area contributed by atoms with Crippen LogP contribution in [0.2, 0.25) is 0 Å². The molecule has 6 nitrogen and oxygen atoms in total. The average Bonchev–Trinajstić information content (AvgIpc) is 3.15. The van der Waals surface area contributed by atoms with E-state index >= 15 is 0 Å². The number of hydrogen-bond acceptors (Lipinski definition) is 6. The van der Waals surface area contributed by atoms with Crippen molar-refractivity contribution in [2.24, 2.45) is 5.73 Å². The highest BCUT2D eigenvalue weighted by atomic mass is 32.1. The van der Waals surface area contributed by atoms with E-state index in [1.165, 1.54) is 0 Å². The average molecular weight is 329 g/mol. The molecule has 0 atom stereocenters. The Bertz CT molecular complexity index is 778. The van der Waals surface area contributed by atoms with Crippen LogP contribution in [-0.4, -0.2) is 33.8 Å². The summed E-state index contributed by atoms with van der Waals surface area (Å²) >= 11 is 1.61. The number of nitrogens with zero attached hydrogens (tertiary/aromatic N) is 3. The first kappa shape index (κ1) is 15.6. The predicted octanol–water partition coefficient (Wildman–Crippen LogP) is 2.34. The molecule has 23 heavy (non-hydrogen) atoms. The van der Waals surface area contributed by atoms with Crippen LogP contribution in [0.4, 0.5) is 0 Å². The Kier molecular flexibility index (Phi) is 4.68. The fraction of sp³-hybridized carbons (Fsp3) is 0.312. The zero-order chi connectivity index (χ0) is 16.2. The summed E-state index contributed by atoms with van der Waals surface area (Å²) in [7, 11) is 1.66. The molecule has 3 aromatic rings. The fourth-order valence-corrected chi connectivity index (χ4v) is 3.32. The van der Waals surface area contributed by atoms with Crippen molar-refractivity contribution in [1.82, 2.24) is 20.2 Å². The van der Waals surface area contributed by atoms with Gasteiger partial charge in [0.1, 0.15) is 11.6 Å². The van der Waals surface area contributed by atoms with Crippen molar-refractivity contribution in [3.05, 3.63) is 46.4 Å². The lowest BCUT2D eigenvalue weighted by Crippen LogP contribution is -2.01. The Morgan fingerprint density at radius 2 is 2.00 bits per heavy atom. The summed E-state index contributed by atoms with van der Waals surface area (Å²) in [5.74, 6) is 2.38. The number of hydrogen-bond donors (Lipinski definition) is 2. The molecule has 3 N–H and O–H groups in total. The summed E-state index contributed by atoms with van der Waals surface area (Å²) in [6, 6.07) is 7.94. The molecular weight excluding hydrogens is 310 g/mol. The number of H-pyrrole nitrogens is 1. The van der Waals surface area contributed by atoms with E-state index in [4.69, 9.17) is 10.5 Å². The number of aromatic amines is 1. The van der Waals surface area contributed by atoms with E-state index in [1.54, 1.807) is 18.4 Å². The first-order valence-corrected chi connectivity index (χ1v) is 8.22. The van der Waals surface area contributed by atoms with E-state index in [0.717, 1.165) is 39.1 Å². The van der Waals surface area contributed by atoms with Gasteiger partial charge >= 0.3 is 0 Å². The van der Waals surface area contributed by atoms with E-state index in [9.17, 15) is 0 Å². The summed E-state index contributed by atoms with van der Waals surface area (Å²) in [6.45, 7) is 2.58. The standard InChI is InChI=1S/C16H19N5OS/c1-10-15(23-14(18-10)7-8-17)16-19-13(20-21-16)9-11-3-5-12(22-2)6-4-11/h3-6H,7-9,17H2,1-2H3,(H,19,20,21). The summed E-state index contributed by atoms with van der Waals surface area (Å²) in [6.07, 6.45) is 1.49. The van der Waals surface area contributed by atoms with Gasteiger partial charge in [-0.15, -0.1) is 11.3 Å². The predicted molar refractivity (Wildman–Crippen MR) is 90.8 cm³/mol. The van der Waals surface area contributed by atoms with Crippen LogP contribution in [0.3, 0.4) is 0 Å². The second-order valence-corrected chi connectivity index (χ2v) is 6.27. The number of aromatic nitrogens is 4. The van der Waals surface area contributed by atoms with Crippen molar-refractivity contribution in [2.75, 3.05) is 13.7 Å². The van der Waals surface area contributed by atoms with Gasteiger partial charge in [-0.3, -0.25) is 5.10 Å². The fourth-order valence-electron chi connectivity index (χ4n) is 2.30. The van der Waals surface area contributed by atoms with Crippen molar-refractivity contribution < 1.29 is 4.74 Å². The Morgan fingerprint density at radius 1 is 1.22 bits per heavy atom. The van der Waals surface area contributed by atoms with Crippen LogP contribution in [0, 0.1) is 6.92 Å². The van der Waals surface area contributed by atoms with Crippen molar-refractivity contribution >= 4 is 11.3 Å². The second kappa shape index (κ2) is 6.89. The van der Waals surface area contributed by atoms with E-state index in [2.05, 4.69) is 20.2 Å². The van der Waals surface area contributed by atoms with Gasteiger partial charge in [-0.25, -0.2) is 9.97 Å². The highest BCUT2D eigenvalue weighted by Gasteiger charge is 2.14. The van der Waals surface area contributed by atoms with Crippen molar-refractivity contribution in [1.29, 1.82) is 0 Å². The molecule has 0 amide bonds. The van der Waals surface area contributed by atoms with Crippen molar-refractivity contribution in [3.63, 3.8) is 0 Å². The quantitative estimate of drug-likeness (QED) is 0.724. The lowest BCUT2D eigenvalue weighted by Gasteiger charge is -2.01. The topological polar surface area (TPSA) is 89.7 Å². The molecule has 0 fully saturated rings. The number of ether oxygens (including phenoxy) is 1. The van der Waals surface area contributed by atoms with Crippen LogP contribution in [0.5, 0.6) is 5.75 Å². The van der Waals surface area contributed by atoms with Crippen LogP contribution >= 0.6 is 11.3 Å². The summed E-state index contributed by atoms with van der Waals surface area (Å²) in [5, 5.41) is 8.37. The third-order valence-electron chi connectivity index (χ3n) is 3.46. The van der Waals surface area contributed by atoms with Crippen LogP contribution < -0.4 is 10.5 Å². The Balaban J connectivity index is 1.77. The van der Waals surface area contributed by atoms with E-state index in [0.29, 0.717) is 18.8 Å². The molecule has 0 saturated heterocycles. The number of aryl methyl sites for hydroxylation is 1. The molecule has 2 aromatic heterocycles. The molecule has 0 radical (unpaired) electrons. The van der Waals surface area contributed by atoms with Crippen LogP contribution in [-0.2, 0) is 12.8 Å². The zero-order valence-corrected chi connectivity index (χ0v) is 14.0. The number of thiazole rings is 1. The maximum atomic E-state index is 5.59. The summed E-state index contributed by atoms with van der Waals surface area (Å²) < 4.78 is 5.17. The molecule has 120 valence electrons. The highest BCUT2D eigenvalue weighted by molar-refractivity contribution is 7.15. The van der Waals surface area contributed by atoms with Gasteiger partial charge in [-0.1, -0.05) is 12.1 Å². The minimum Gasteiger partial charge on any atom is -0.497 e. The monoisotopic (exact) mass is 329 g/mol. The number of rotatable bonds is 6. The molecular formula is C16H19N5OS. The molecule has 0 saturated carbocycles. The Labute approximate surface area is 138 Å². The first-order valence-electron chi connectivity index (χ1n) is 7.40.